The van der Waals surface area contributed by atoms with E-state index in [9.17, 15) is 0 Å². The Kier molecular flexibility index (Phi) is 2.24. The molecule has 1 heterocycles. The second-order valence-electron chi connectivity index (χ2n) is 3.38. The first-order chi connectivity index (χ1) is 5.85. The molecule has 2 radical (unpaired) electrons. The van der Waals surface area contributed by atoms with Gasteiger partial charge in [0.15, 0.2) is 5.79 Å². The summed E-state index contributed by atoms with van der Waals surface area (Å²) < 4.78 is 11.1. The van der Waals surface area contributed by atoms with Crippen LogP contribution in [0.15, 0.2) is 11.6 Å². The first-order valence-electron chi connectivity index (χ1n) is 4.50. The van der Waals surface area contributed by atoms with Crippen LogP contribution in [0.1, 0.15) is 19.3 Å². The van der Waals surface area contributed by atoms with Crippen molar-refractivity contribution < 1.29 is 9.47 Å². The Balaban J connectivity index is 2.01. The van der Waals surface area contributed by atoms with Crippen LogP contribution in [0.25, 0.3) is 0 Å². The van der Waals surface area contributed by atoms with Gasteiger partial charge in [-0.2, -0.15) is 0 Å². The minimum Gasteiger partial charge on any atom is -0.347 e. The van der Waals surface area contributed by atoms with Gasteiger partial charge in [0.05, 0.1) is 21.1 Å². The highest BCUT2D eigenvalue weighted by Gasteiger charge is 2.36. The quantitative estimate of drug-likeness (QED) is 0.431. The van der Waals surface area contributed by atoms with E-state index < -0.39 is 0 Å². The molecular formula is C9H13BO2. The van der Waals surface area contributed by atoms with Crippen molar-refractivity contribution in [1.82, 2.24) is 0 Å². The van der Waals surface area contributed by atoms with Gasteiger partial charge in [0, 0.05) is 12.8 Å². The van der Waals surface area contributed by atoms with E-state index in [0.717, 1.165) is 32.5 Å². The molecule has 0 aromatic carbocycles. The first kappa shape index (κ1) is 8.33. The van der Waals surface area contributed by atoms with E-state index in [4.69, 9.17) is 17.3 Å². The van der Waals surface area contributed by atoms with Gasteiger partial charge in [0.1, 0.15) is 0 Å². The minimum absolute atomic E-state index is 0.279. The Bertz CT molecular complexity index is 195. The molecule has 2 rings (SSSR count). The molecule has 0 atom stereocenters. The van der Waals surface area contributed by atoms with Crippen molar-refractivity contribution in [1.29, 1.82) is 0 Å². The van der Waals surface area contributed by atoms with Crippen molar-refractivity contribution in [2.75, 3.05) is 13.2 Å². The van der Waals surface area contributed by atoms with Crippen molar-refractivity contribution in [2.45, 2.75) is 31.4 Å². The zero-order valence-electron chi connectivity index (χ0n) is 7.21. The highest BCUT2D eigenvalue weighted by Crippen LogP contribution is 2.35. The molecular weight excluding hydrogens is 151 g/mol. The Morgan fingerprint density at radius 2 is 2.17 bits per heavy atom. The lowest BCUT2D eigenvalue weighted by Gasteiger charge is -2.30. The van der Waals surface area contributed by atoms with Crippen LogP contribution in [-0.4, -0.2) is 26.8 Å². The normalized spacial score (nSPS) is 27.5. The smallest absolute Gasteiger partial charge is 0.172 e. The minimum atomic E-state index is -0.279. The summed E-state index contributed by atoms with van der Waals surface area (Å²) in [5, 5.41) is 0. The Hall–Kier alpha value is -0.275. The fourth-order valence-corrected chi connectivity index (χ4v) is 1.80. The van der Waals surface area contributed by atoms with Gasteiger partial charge in [0.25, 0.3) is 0 Å². The summed E-state index contributed by atoms with van der Waals surface area (Å²) in [6, 6.07) is 0. The van der Waals surface area contributed by atoms with Gasteiger partial charge in [-0.1, -0.05) is 18.0 Å². The topological polar surface area (TPSA) is 18.5 Å². The molecule has 2 aliphatic rings. The van der Waals surface area contributed by atoms with E-state index >= 15 is 0 Å². The molecule has 0 unspecified atom stereocenters. The molecule has 0 amide bonds. The van der Waals surface area contributed by atoms with Crippen molar-refractivity contribution in [2.24, 2.45) is 0 Å². The van der Waals surface area contributed by atoms with E-state index in [0.29, 0.717) is 6.32 Å². The van der Waals surface area contributed by atoms with E-state index in [2.05, 4.69) is 6.08 Å². The Morgan fingerprint density at radius 3 is 2.67 bits per heavy atom. The molecule has 2 nitrogen and oxygen atoms in total. The summed E-state index contributed by atoms with van der Waals surface area (Å²) in [6.45, 7) is 1.48. The molecule has 0 aromatic rings. The second kappa shape index (κ2) is 3.23. The SMILES string of the molecule is [B]CC1=CCC2(CC1)OCCO2. The molecule has 0 aromatic heterocycles. The van der Waals surface area contributed by atoms with E-state index in [1.54, 1.807) is 0 Å². The predicted molar refractivity (Wildman–Crippen MR) is 47.1 cm³/mol. The standard InChI is InChI=1S/C9H13BO2/c10-7-8-1-3-9(4-2-8)11-5-6-12-9/h1H,2-7H2. The van der Waals surface area contributed by atoms with Crippen LogP contribution in [0, 0.1) is 0 Å². The summed E-state index contributed by atoms with van der Waals surface area (Å²) in [5.74, 6) is -0.279. The summed E-state index contributed by atoms with van der Waals surface area (Å²) in [6.07, 6.45) is 5.71. The third-order valence-corrected chi connectivity index (χ3v) is 2.60. The monoisotopic (exact) mass is 164 g/mol. The number of rotatable bonds is 1. The zero-order valence-corrected chi connectivity index (χ0v) is 7.21. The number of hydrogen-bond donors (Lipinski definition) is 0. The van der Waals surface area contributed by atoms with Gasteiger partial charge in [-0.15, -0.1) is 0 Å². The lowest BCUT2D eigenvalue weighted by Crippen LogP contribution is -2.31. The Labute approximate surface area is 74.3 Å². The molecule has 0 saturated carbocycles. The summed E-state index contributed by atoms with van der Waals surface area (Å²) >= 11 is 0. The molecule has 1 aliphatic carbocycles. The molecule has 64 valence electrons. The van der Waals surface area contributed by atoms with Crippen molar-refractivity contribution in [3.8, 4) is 0 Å². The fraction of sp³-hybridized carbons (Fsp3) is 0.778. The average molecular weight is 164 g/mol. The summed E-state index contributed by atoms with van der Waals surface area (Å²) in [7, 11) is 5.54. The maximum absolute atomic E-state index is 5.57. The lowest BCUT2D eigenvalue weighted by molar-refractivity contribution is -0.161. The van der Waals surface area contributed by atoms with Crippen LogP contribution < -0.4 is 0 Å². The third-order valence-electron chi connectivity index (χ3n) is 2.60. The fourth-order valence-electron chi connectivity index (χ4n) is 1.80. The highest BCUT2D eigenvalue weighted by molar-refractivity contribution is 6.10. The average Bonchev–Trinajstić information content (AvgIpc) is 2.55. The van der Waals surface area contributed by atoms with E-state index in [1.165, 1.54) is 5.57 Å². The molecule has 1 fully saturated rings. The second-order valence-corrected chi connectivity index (χ2v) is 3.38. The zero-order chi connectivity index (χ0) is 8.44. The third kappa shape index (κ3) is 1.43. The van der Waals surface area contributed by atoms with E-state index in [1.807, 2.05) is 0 Å². The van der Waals surface area contributed by atoms with Crippen LogP contribution >= 0.6 is 0 Å². The summed E-state index contributed by atoms with van der Waals surface area (Å²) in [5.41, 5.74) is 1.33. The number of hydrogen-bond acceptors (Lipinski definition) is 2. The van der Waals surface area contributed by atoms with E-state index in [-0.39, 0.29) is 5.79 Å². The highest BCUT2D eigenvalue weighted by atomic mass is 16.7. The van der Waals surface area contributed by atoms with Crippen LogP contribution in [0.3, 0.4) is 0 Å². The van der Waals surface area contributed by atoms with Gasteiger partial charge < -0.3 is 9.47 Å². The van der Waals surface area contributed by atoms with Crippen LogP contribution in [0.5, 0.6) is 0 Å². The molecule has 3 heteroatoms. The van der Waals surface area contributed by atoms with Gasteiger partial charge >= 0.3 is 0 Å². The van der Waals surface area contributed by atoms with Gasteiger partial charge in [0.2, 0.25) is 0 Å². The number of ether oxygens (including phenoxy) is 2. The van der Waals surface area contributed by atoms with Crippen LogP contribution in [0.2, 0.25) is 6.32 Å². The Morgan fingerprint density at radius 1 is 1.42 bits per heavy atom. The van der Waals surface area contributed by atoms with Crippen molar-refractivity contribution in [3.63, 3.8) is 0 Å². The van der Waals surface area contributed by atoms with Crippen LogP contribution in [0.4, 0.5) is 0 Å². The lowest BCUT2D eigenvalue weighted by atomic mass is 9.86. The first-order valence-corrected chi connectivity index (χ1v) is 4.50. The predicted octanol–water partition coefficient (Wildman–Crippen LogP) is 1.43. The molecule has 1 aliphatic heterocycles. The van der Waals surface area contributed by atoms with Crippen LogP contribution in [-0.2, 0) is 9.47 Å². The molecule has 12 heavy (non-hydrogen) atoms. The molecule has 1 spiro atoms. The van der Waals surface area contributed by atoms with Gasteiger partial charge in [-0.3, -0.25) is 0 Å². The maximum Gasteiger partial charge on any atom is 0.172 e. The van der Waals surface area contributed by atoms with Crippen molar-refractivity contribution >= 4 is 7.85 Å². The largest absolute Gasteiger partial charge is 0.347 e. The van der Waals surface area contributed by atoms with Gasteiger partial charge in [-0.05, 0) is 6.42 Å². The maximum atomic E-state index is 5.57. The molecule has 0 N–H and O–H groups in total. The summed E-state index contributed by atoms with van der Waals surface area (Å²) in [4.78, 5) is 0. The molecule has 0 bridgehead atoms. The number of allylic oxidation sites excluding steroid dienone is 1. The van der Waals surface area contributed by atoms with Gasteiger partial charge in [-0.25, -0.2) is 0 Å². The molecule has 1 saturated heterocycles. The van der Waals surface area contributed by atoms with Crippen molar-refractivity contribution in [3.05, 3.63) is 11.6 Å².